The molecule has 4 nitrogen and oxygen atoms in total. The summed E-state index contributed by atoms with van der Waals surface area (Å²) in [4.78, 5) is 16.0. The van der Waals surface area contributed by atoms with Crippen molar-refractivity contribution in [3.05, 3.63) is 53.6 Å². The highest BCUT2D eigenvalue weighted by Crippen LogP contribution is 2.26. The summed E-state index contributed by atoms with van der Waals surface area (Å²) in [5, 5.41) is 0. The summed E-state index contributed by atoms with van der Waals surface area (Å²) in [5.41, 5.74) is 3.93. The van der Waals surface area contributed by atoms with Crippen LogP contribution in [0.3, 0.4) is 0 Å². The fourth-order valence-corrected chi connectivity index (χ4v) is 2.30. The van der Waals surface area contributed by atoms with Gasteiger partial charge in [-0.1, -0.05) is 26.0 Å². The van der Waals surface area contributed by atoms with E-state index < -0.39 is 0 Å². The Morgan fingerprint density at radius 3 is 2.50 bits per heavy atom. The number of methoxy groups -OCH3 is 1. The van der Waals surface area contributed by atoms with E-state index in [0.717, 1.165) is 11.1 Å². The maximum atomic E-state index is 11.6. The molecule has 3 rings (SSSR count). The Morgan fingerprint density at radius 2 is 1.86 bits per heavy atom. The Kier molecular flexibility index (Phi) is 3.67. The van der Waals surface area contributed by atoms with Gasteiger partial charge in [0.2, 0.25) is 5.89 Å². The Morgan fingerprint density at radius 1 is 1.14 bits per heavy atom. The summed E-state index contributed by atoms with van der Waals surface area (Å²) in [6.45, 7) is 4.31. The first-order valence-corrected chi connectivity index (χ1v) is 7.17. The summed E-state index contributed by atoms with van der Waals surface area (Å²) in [6, 6.07) is 13.3. The summed E-state index contributed by atoms with van der Waals surface area (Å²) < 4.78 is 10.5. The zero-order chi connectivity index (χ0) is 15.7. The molecular weight excluding hydrogens is 278 g/mol. The van der Waals surface area contributed by atoms with E-state index in [-0.39, 0.29) is 5.97 Å². The molecule has 0 fully saturated rings. The number of ether oxygens (including phenoxy) is 1. The van der Waals surface area contributed by atoms with Crippen LogP contribution in [0.5, 0.6) is 0 Å². The predicted molar refractivity (Wildman–Crippen MR) is 84.9 cm³/mol. The molecule has 0 bridgehead atoms. The molecule has 22 heavy (non-hydrogen) atoms. The number of hydrogen-bond donors (Lipinski definition) is 0. The Hall–Kier alpha value is -2.62. The smallest absolute Gasteiger partial charge is 0.337 e. The molecule has 0 spiro atoms. The van der Waals surface area contributed by atoms with E-state index in [0.29, 0.717) is 23.0 Å². The maximum absolute atomic E-state index is 11.6. The van der Waals surface area contributed by atoms with Crippen LogP contribution in [0, 0.1) is 0 Å². The summed E-state index contributed by atoms with van der Waals surface area (Å²) in [7, 11) is 1.36. The molecule has 3 aromatic rings. The molecule has 0 radical (unpaired) electrons. The quantitative estimate of drug-likeness (QED) is 0.672. The third-order valence-corrected chi connectivity index (χ3v) is 3.63. The number of oxazole rings is 1. The summed E-state index contributed by atoms with van der Waals surface area (Å²) in [5.74, 6) is 0.647. The van der Waals surface area contributed by atoms with Gasteiger partial charge in [0.1, 0.15) is 5.52 Å². The van der Waals surface area contributed by atoms with E-state index in [1.54, 1.807) is 18.2 Å². The number of carbonyl (C=O) groups excluding carboxylic acids is 1. The van der Waals surface area contributed by atoms with Crippen molar-refractivity contribution in [2.24, 2.45) is 0 Å². The lowest BCUT2D eigenvalue weighted by atomic mass is 10.0. The Balaban J connectivity index is 1.99. The molecule has 0 atom stereocenters. The van der Waals surface area contributed by atoms with Crippen molar-refractivity contribution in [3.8, 4) is 11.5 Å². The number of hydrogen-bond acceptors (Lipinski definition) is 4. The maximum Gasteiger partial charge on any atom is 0.337 e. The van der Waals surface area contributed by atoms with E-state index in [4.69, 9.17) is 9.15 Å². The number of fused-ring (bicyclic) bond motifs is 1. The van der Waals surface area contributed by atoms with Gasteiger partial charge in [0.05, 0.1) is 12.7 Å². The standard InChI is InChI=1S/C18H17NO3/c1-11(2)12-4-6-13(7-5-12)17-19-15-9-8-14(18(20)21-3)10-16(15)22-17/h4-11H,1-3H3. The normalized spacial score (nSPS) is 11.1. The minimum absolute atomic E-state index is 0.388. The third-order valence-electron chi connectivity index (χ3n) is 3.63. The zero-order valence-corrected chi connectivity index (χ0v) is 12.8. The Labute approximate surface area is 128 Å². The van der Waals surface area contributed by atoms with Crippen molar-refractivity contribution in [1.29, 1.82) is 0 Å². The van der Waals surface area contributed by atoms with E-state index in [2.05, 4.69) is 31.0 Å². The fourth-order valence-electron chi connectivity index (χ4n) is 2.30. The average molecular weight is 295 g/mol. The average Bonchev–Trinajstić information content (AvgIpc) is 2.97. The van der Waals surface area contributed by atoms with Crippen LogP contribution >= 0.6 is 0 Å². The van der Waals surface area contributed by atoms with Crippen molar-refractivity contribution in [2.45, 2.75) is 19.8 Å². The van der Waals surface area contributed by atoms with Gasteiger partial charge in [0.15, 0.2) is 5.58 Å². The van der Waals surface area contributed by atoms with E-state index in [1.807, 2.05) is 12.1 Å². The van der Waals surface area contributed by atoms with E-state index in [1.165, 1.54) is 12.7 Å². The molecule has 112 valence electrons. The van der Waals surface area contributed by atoms with E-state index in [9.17, 15) is 4.79 Å². The van der Waals surface area contributed by atoms with Crippen LogP contribution < -0.4 is 0 Å². The SMILES string of the molecule is COC(=O)c1ccc2nc(-c3ccc(C(C)C)cc3)oc2c1. The topological polar surface area (TPSA) is 52.3 Å². The highest BCUT2D eigenvalue weighted by molar-refractivity contribution is 5.93. The first-order chi connectivity index (χ1) is 10.6. The van der Waals surface area contributed by atoms with Crippen LogP contribution in [0.1, 0.15) is 35.7 Å². The molecule has 1 heterocycles. The van der Waals surface area contributed by atoms with Gasteiger partial charge in [-0.25, -0.2) is 9.78 Å². The largest absolute Gasteiger partial charge is 0.465 e. The molecule has 0 saturated heterocycles. The molecular formula is C18H17NO3. The molecule has 0 amide bonds. The molecule has 2 aromatic carbocycles. The van der Waals surface area contributed by atoms with Crippen LogP contribution in [-0.4, -0.2) is 18.1 Å². The highest BCUT2D eigenvalue weighted by atomic mass is 16.5. The fraction of sp³-hybridized carbons (Fsp3) is 0.222. The number of rotatable bonds is 3. The number of esters is 1. The first-order valence-electron chi connectivity index (χ1n) is 7.17. The number of benzene rings is 2. The number of carbonyl (C=O) groups is 1. The van der Waals surface area contributed by atoms with Gasteiger partial charge in [0.25, 0.3) is 0 Å². The van der Waals surface area contributed by atoms with Crippen LogP contribution in [-0.2, 0) is 4.74 Å². The van der Waals surface area contributed by atoms with Crippen molar-refractivity contribution in [3.63, 3.8) is 0 Å². The van der Waals surface area contributed by atoms with Gasteiger partial charge in [-0.3, -0.25) is 0 Å². The van der Waals surface area contributed by atoms with Gasteiger partial charge in [0, 0.05) is 5.56 Å². The van der Waals surface area contributed by atoms with Crippen LogP contribution in [0.15, 0.2) is 46.9 Å². The minimum atomic E-state index is -0.388. The molecule has 0 aliphatic heterocycles. The number of aromatic nitrogens is 1. The van der Waals surface area contributed by atoms with Crippen molar-refractivity contribution < 1.29 is 13.9 Å². The lowest BCUT2D eigenvalue weighted by Gasteiger charge is -2.04. The van der Waals surface area contributed by atoms with Gasteiger partial charge >= 0.3 is 5.97 Å². The molecule has 0 aliphatic rings. The second kappa shape index (κ2) is 5.64. The molecule has 4 heteroatoms. The molecule has 0 unspecified atom stereocenters. The minimum Gasteiger partial charge on any atom is -0.465 e. The first kappa shape index (κ1) is 14.3. The van der Waals surface area contributed by atoms with Crippen molar-refractivity contribution >= 4 is 17.1 Å². The van der Waals surface area contributed by atoms with Crippen LogP contribution in [0.4, 0.5) is 0 Å². The Bertz CT molecular complexity index is 816. The highest BCUT2D eigenvalue weighted by Gasteiger charge is 2.12. The summed E-state index contributed by atoms with van der Waals surface area (Å²) in [6.07, 6.45) is 0. The van der Waals surface area contributed by atoms with Gasteiger partial charge in [-0.05, 0) is 41.8 Å². The van der Waals surface area contributed by atoms with Crippen molar-refractivity contribution in [2.75, 3.05) is 7.11 Å². The zero-order valence-electron chi connectivity index (χ0n) is 12.8. The molecule has 0 aliphatic carbocycles. The monoisotopic (exact) mass is 295 g/mol. The van der Waals surface area contributed by atoms with Gasteiger partial charge in [-0.2, -0.15) is 0 Å². The summed E-state index contributed by atoms with van der Waals surface area (Å²) >= 11 is 0. The third kappa shape index (κ3) is 2.60. The van der Waals surface area contributed by atoms with Gasteiger partial charge < -0.3 is 9.15 Å². The second-order valence-corrected chi connectivity index (χ2v) is 5.47. The lowest BCUT2D eigenvalue weighted by molar-refractivity contribution is 0.0601. The van der Waals surface area contributed by atoms with Crippen LogP contribution in [0.2, 0.25) is 0 Å². The van der Waals surface area contributed by atoms with E-state index >= 15 is 0 Å². The van der Waals surface area contributed by atoms with Gasteiger partial charge in [-0.15, -0.1) is 0 Å². The lowest BCUT2D eigenvalue weighted by Crippen LogP contribution is -2.00. The van der Waals surface area contributed by atoms with Crippen molar-refractivity contribution in [1.82, 2.24) is 4.98 Å². The molecule has 0 N–H and O–H groups in total. The predicted octanol–water partition coefficient (Wildman–Crippen LogP) is 4.40. The molecule has 0 saturated carbocycles. The van der Waals surface area contributed by atoms with Crippen LogP contribution in [0.25, 0.3) is 22.6 Å². The molecule has 1 aromatic heterocycles. The number of nitrogens with zero attached hydrogens (tertiary/aromatic N) is 1. The second-order valence-electron chi connectivity index (χ2n) is 5.47.